The van der Waals surface area contributed by atoms with Crippen LogP contribution in [0.15, 0.2) is 53.4 Å². The van der Waals surface area contributed by atoms with Crippen molar-refractivity contribution in [2.24, 2.45) is 0 Å². The second-order valence-electron chi connectivity index (χ2n) is 8.98. The van der Waals surface area contributed by atoms with E-state index in [0.717, 1.165) is 49.8 Å². The van der Waals surface area contributed by atoms with Gasteiger partial charge in [0.25, 0.3) is 5.91 Å². The van der Waals surface area contributed by atoms with Gasteiger partial charge in [-0.15, -0.1) is 0 Å². The molecule has 2 saturated heterocycles. The highest BCUT2D eigenvalue weighted by atomic mass is 32.2. The molecule has 2 aromatic rings. The van der Waals surface area contributed by atoms with Crippen molar-refractivity contribution in [3.8, 4) is 5.75 Å². The maximum Gasteiger partial charge on any atom is 0.254 e. The smallest absolute Gasteiger partial charge is 0.254 e. The van der Waals surface area contributed by atoms with Crippen LogP contribution in [0.3, 0.4) is 0 Å². The van der Waals surface area contributed by atoms with Crippen LogP contribution in [0.1, 0.15) is 54.4 Å². The summed E-state index contributed by atoms with van der Waals surface area (Å²) in [5, 5.41) is 0. The number of carbonyl (C=O) groups is 1. The lowest BCUT2D eigenvalue weighted by Gasteiger charge is -2.26. The highest BCUT2D eigenvalue weighted by Crippen LogP contribution is 2.24. The minimum atomic E-state index is -3.55. The van der Waals surface area contributed by atoms with Crippen LogP contribution in [0.5, 0.6) is 5.75 Å². The molecule has 8 heteroatoms. The van der Waals surface area contributed by atoms with Crippen LogP contribution in [-0.2, 0) is 21.3 Å². The van der Waals surface area contributed by atoms with Crippen molar-refractivity contribution in [3.63, 3.8) is 0 Å². The molecule has 0 radical (unpaired) electrons. The van der Waals surface area contributed by atoms with Crippen molar-refractivity contribution in [1.29, 1.82) is 0 Å². The Balaban J connectivity index is 1.54. The Labute approximate surface area is 202 Å². The van der Waals surface area contributed by atoms with E-state index in [-0.39, 0.29) is 16.9 Å². The van der Waals surface area contributed by atoms with Crippen molar-refractivity contribution < 1.29 is 22.7 Å². The minimum Gasteiger partial charge on any atom is -0.496 e. The molecule has 4 rings (SSSR count). The molecule has 1 amide bonds. The number of ether oxygens (including phenoxy) is 2. The van der Waals surface area contributed by atoms with Crippen LogP contribution in [0, 0.1) is 0 Å². The Morgan fingerprint density at radius 1 is 1.03 bits per heavy atom. The molecule has 0 aromatic heterocycles. The predicted octanol–water partition coefficient (Wildman–Crippen LogP) is 4.08. The van der Waals surface area contributed by atoms with Gasteiger partial charge in [0, 0.05) is 43.9 Å². The Bertz CT molecular complexity index is 1060. The van der Waals surface area contributed by atoms with Crippen LogP contribution in [-0.4, -0.2) is 63.0 Å². The second kappa shape index (κ2) is 11.3. The molecule has 2 aliphatic heterocycles. The topological polar surface area (TPSA) is 76.1 Å². The number of carbonyl (C=O) groups excluding carboxylic acids is 1. The van der Waals surface area contributed by atoms with Crippen molar-refractivity contribution in [3.05, 3.63) is 59.7 Å². The Morgan fingerprint density at radius 2 is 1.74 bits per heavy atom. The summed E-state index contributed by atoms with van der Waals surface area (Å²) >= 11 is 0. The van der Waals surface area contributed by atoms with Gasteiger partial charge in [0.2, 0.25) is 10.0 Å². The third kappa shape index (κ3) is 5.79. The van der Waals surface area contributed by atoms with E-state index in [9.17, 15) is 13.2 Å². The first-order chi connectivity index (χ1) is 16.5. The lowest BCUT2D eigenvalue weighted by atomic mass is 10.1. The van der Waals surface area contributed by atoms with Gasteiger partial charge in [0.1, 0.15) is 5.75 Å². The maximum absolute atomic E-state index is 13.5. The van der Waals surface area contributed by atoms with Gasteiger partial charge in [-0.3, -0.25) is 4.79 Å². The van der Waals surface area contributed by atoms with Gasteiger partial charge in [0.05, 0.1) is 18.1 Å². The predicted molar refractivity (Wildman–Crippen MR) is 130 cm³/mol. The highest BCUT2D eigenvalue weighted by Gasteiger charge is 2.27. The van der Waals surface area contributed by atoms with Crippen molar-refractivity contribution in [2.75, 3.05) is 33.4 Å². The number of rotatable bonds is 8. The third-order valence-electron chi connectivity index (χ3n) is 6.59. The molecule has 1 atom stereocenters. The molecule has 2 fully saturated rings. The minimum absolute atomic E-state index is 0.00124. The molecule has 34 heavy (non-hydrogen) atoms. The first kappa shape index (κ1) is 24.7. The first-order valence-corrected chi connectivity index (χ1v) is 13.6. The summed E-state index contributed by atoms with van der Waals surface area (Å²) in [5.41, 5.74) is 1.37. The van der Waals surface area contributed by atoms with E-state index in [4.69, 9.17) is 9.47 Å². The number of para-hydroxylation sites is 1. The van der Waals surface area contributed by atoms with E-state index in [2.05, 4.69) is 0 Å². The molecule has 1 unspecified atom stereocenters. The van der Waals surface area contributed by atoms with Crippen LogP contribution in [0.4, 0.5) is 0 Å². The maximum atomic E-state index is 13.5. The van der Waals surface area contributed by atoms with Gasteiger partial charge in [-0.25, -0.2) is 8.42 Å². The normalized spacial score (nSPS) is 19.5. The number of hydrogen-bond donors (Lipinski definition) is 0. The monoisotopic (exact) mass is 486 g/mol. The van der Waals surface area contributed by atoms with E-state index in [1.54, 1.807) is 40.6 Å². The fraction of sp³-hybridized carbons (Fsp3) is 0.500. The van der Waals surface area contributed by atoms with E-state index in [0.29, 0.717) is 38.3 Å². The van der Waals surface area contributed by atoms with Crippen LogP contribution < -0.4 is 4.74 Å². The van der Waals surface area contributed by atoms with Crippen molar-refractivity contribution >= 4 is 15.9 Å². The summed E-state index contributed by atoms with van der Waals surface area (Å²) in [6.07, 6.45) is 5.81. The summed E-state index contributed by atoms with van der Waals surface area (Å²) in [6, 6.07) is 14.0. The molecule has 0 bridgehead atoms. The number of benzene rings is 2. The van der Waals surface area contributed by atoms with Crippen molar-refractivity contribution in [1.82, 2.24) is 9.21 Å². The van der Waals surface area contributed by atoms with Crippen LogP contribution in [0.25, 0.3) is 0 Å². The zero-order valence-corrected chi connectivity index (χ0v) is 20.6. The summed E-state index contributed by atoms with van der Waals surface area (Å²) in [6.45, 7) is 2.68. The van der Waals surface area contributed by atoms with Gasteiger partial charge in [-0.05, 0) is 56.0 Å². The lowest BCUT2D eigenvalue weighted by Crippen LogP contribution is -2.37. The van der Waals surface area contributed by atoms with E-state index in [1.165, 1.54) is 0 Å². The zero-order chi connectivity index (χ0) is 24.0. The molecular formula is C26H34N2O5S. The summed E-state index contributed by atoms with van der Waals surface area (Å²) < 4.78 is 39.0. The molecule has 2 aliphatic rings. The van der Waals surface area contributed by atoms with Gasteiger partial charge in [0.15, 0.2) is 0 Å². The first-order valence-electron chi connectivity index (χ1n) is 12.1. The lowest BCUT2D eigenvalue weighted by molar-refractivity contribution is 0.0505. The van der Waals surface area contributed by atoms with Crippen LogP contribution in [0.2, 0.25) is 0 Å². The summed E-state index contributed by atoms with van der Waals surface area (Å²) in [5.74, 6) is 0.576. The Kier molecular flexibility index (Phi) is 8.24. The van der Waals surface area contributed by atoms with Gasteiger partial charge < -0.3 is 14.4 Å². The van der Waals surface area contributed by atoms with Crippen molar-refractivity contribution in [2.45, 2.75) is 56.1 Å². The van der Waals surface area contributed by atoms with Gasteiger partial charge in [-0.2, -0.15) is 4.31 Å². The number of hydrogen-bond acceptors (Lipinski definition) is 5. The molecule has 2 aromatic carbocycles. The van der Waals surface area contributed by atoms with E-state index < -0.39 is 10.0 Å². The fourth-order valence-electron chi connectivity index (χ4n) is 4.68. The summed E-state index contributed by atoms with van der Waals surface area (Å²) in [7, 11) is -1.93. The van der Waals surface area contributed by atoms with Gasteiger partial charge in [-0.1, -0.05) is 31.0 Å². The molecule has 0 saturated carbocycles. The van der Waals surface area contributed by atoms with E-state index >= 15 is 0 Å². The average molecular weight is 487 g/mol. The molecule has 7 nitrogen and oxygen atoms in total. The molecule has 2 heterocycles. The third-order valence-corrected chi connectivity index (χ3v) is 8.51. The van der Waals surface area contributed by atoms with Gasteiger partial charge >= 0.3 is 0 Å². The number of amides is 1. The molecule has 0 N–H and O–H groups in total. The Morgan fingerprint density at radius 3 is 2.38 bits per heavy atom. The average Bonchev–Trinajstić information content (AvgIpc) is 3.21. The fourth-order valence-corrected chi connectivity index (χ4v) is 6.19. The quantitative estimate of drug-likeness (QED) is 0.562. The molecule has 0 aliphatic carbocycles. The number of sulfonamides is 1. The Hall–Kier alpha value is -2.42. The second-order valence-corrected chi connectivity index (χ2v) is 10.9. The van der Waals surface area contributed by atoms with E-state index in [1.807, 2.05) is 24.3 Å². The molecule has 0 spiro atoms. The number of methoxy groups -OCH3 is 1. The highest BCUT2D eigenvalue weighted by molar-refractivity contribution is 7.89. The molecular weight excluding hydrogens is 452 g/mol. The zero-order valence-electron chi connectivity index (χ0n) is 19.8. The molecule has 184 valence electrons. The number of nitrogens with zero attached hydrogens (tertiary/aromatic N) is 2. The SMILES string of the molecule is COc1ccccc1CN(CC1CCCO1)C(=O)c1ccc(S(=O)(=O)N2CCCCCC2)cc1. The summed E-state index contributed by atoms with van der Waals surface area (Å²) in [4.78, 5) is 15.5. The standard InChI is InChI=1S/C26H34N2O5S/c1-32-25-11-5-4-9-22(25)19-27(20-23-10-8-18-33-23)26(29)21-12-14-24(15-13-21)34(30,31)28-16-6-2-3-7-17-28/h4-5,9,11-15,23H,2-3,6-8,10,16-20H2,1H3. The largest absolute Gasteiger partial charge is 0.496 e. The van der Waals surface area contributed by atoms with Crippen LogP contribution >= 0.6 is 0 Å².